The number of hydrogen-bond donors (Lipinski definition) is 1. The number of amidine groups is 1. The standard InChI is InChI=1S/C25H26N4O5S/c1-28(14-16-4-9-19-20(12-16)34-15-33-19)24(32)17-5-7-18(8-6-17)26-22(30)13-21-23(31)27-25(35-21)29-10-2-3-11-29/h4-9,12,21H,2-3,10-11,13-15H2,1H3,(H,26,30)/t21-/m0/s1. The average Bonchev–Trinajstić information content (AvgIpc) is 3.60. The zero-order valence-electron chi connectivity index (χ0n) is 19.4. The lowest BCUT2D eigenvalue weighted by molar-refractivity contribution is -0.121. The number of benzene rings is 2. The molecule has 0 radical (unpaired) electrons. The predicted octanol–water partition coefficient (Wildman–Crippen LogP) is 3.11. The highest BCUT2D eigenvalue weighted by molar-refractivity contribution is 8.15. The van der Waals surface area contributed by atoms with Crippen LogP contribution in [-0.2, 0) is 16.1 Å². The van der Waals surface area contributed by atoms with Gasteiger partial charge in [0.1, 0.15) is 5.25 Å². The molecule has 1 saturated heterocycles. The Balaban J connectivity index is 1.12. The van der Waals surface area contributed by atoms with Gasteiger partial charge in [0.2, 0.25) is 12.7 Å². The maximum atomic E-state index is 12.8. The molecule has 1 N–H and O–H groups in total. The van der Waals surface area contributed by atoms with Gasteiger partial charge in [0.25, 0.3) is 11.8 Å². The van der Waals surface area contributed by atoms with Crippen LogP contribution >= 0.6 is 11.8 Å². The molecular formula is C25H26N4O5S. The van der Waals surface area contributed by atoms with E-state index in [0.717, 1.165) is 36.7 Å². The molecule has 1 atom stereocenters. The van der Waals surface area contributed by atoms with E-state index in [1.807, 2.05) is 18.2 Å². The molecule has 0 spiro atoms. The van der Waals surface area contributed by atoms with Crippen LogP contribution in [0.15, 0.2) is 47.5 Å². The Labute approximate surface area is 207 Å². The summed E-state index contributed by atoms with van der Waals surface area (Å²) in [4.78, 5) is 45.5. The number of rotatable bonds is 6. The van der Waals surface area contributed by atoms with E-state index in [9.17, 15) is 14.4 Å². The van der Waals surface area contributed by atoms with Crippen molar-refractivity contribution in [3.8, 4) is 11.5 Å². The molecule has 5 rings (SSSR count). The van der Waals surface area contributed by atoms with E-state index in [0.29, 0.717) is 29.3 Å². The van der Waals surface area contributed by atoms with E-state index in [4.69, 9.17) is 9.47 Å². The quantitative estimate of drug-likeness (QED) is 0.659. The molecule has 3 heterocycles. The Hall–Kier alpha value is -3.53. The van der Waals surface area contributed by atoms with Crippen molar-refractivity contribution in [2.45, 2.75) is 31.1 Å². The number of thioether (sulfide) groups is 1. The smallest absolute Gasteiger partial charge is 0.262 e. The van der Waals surface area contributed by atoms with E-state index in [-0.39, 0.29) is 30.9 Å². The molecule has 35 heavy (non-hydrogen) atoms. The van der Waals surface area contributed by atoms with Crippen LogP contribution in [0.5, 0.6) is 11.5 Å². The van der Waals surface area contributed by atoms with Gasteiger partial charge in [0.15, 0.2) is 16.7 Å². The van der Waals surface area contributed by atoms with Gasteiger partial charge in [0, 0.05) is 44.4 Å². The molecule has 10 heteroatoms. The second-order valence-electron chi connectivity index (χ2n) is 8.71. The minimum absolute atomic E-state index is 0.0588. The molecule has 0 aromatic heterocycles. The number of carbonyl (C=O) groups excluding carboxylic acids is 3. The topological polar surface area (TPSA) is 101 Å². The third-order valence-corrected chi connectivity index (χ3v) is 7.31. The first-order valence-corrected chi connectivity index (χ1v) is 12.4. The highest BCUT2D eigenvalue weighted by Gasteiger charge is 2.33. The summed E-state index contributed by atoms with van der Waals surface area (Å²) in [6, 6.07) is 12.4. The van der Waals surface area contributed by atoms with E-state index in [1.165, 1.54) is 11.8 Å². The van der Waals surface area contributed by atoms with Crippen molar-refractivity contribution in [3.05, 3.63) is 53.6 Å². The van der Waals surface area contributed by atoms with Crippen molar-refractivity contribution in [3.63, 3.8) is 0 Å². The van der Waals surface area contributed by atoms with Gasteiger partial charge in [0.05, 0.1) is 0 Å². The van der Waals surface area contributed by atoms with Crippen LogP contribution in [-0.4, -0.2) is 64.9 Å². The van der Waals surface area contributed by atoms with E-state index >= 15 is 0 Å². The summed E-state index contributed by atoms with van der Waals surface area (Å²) in [5.74, 6) is 0.738. The van der Waals surface area contributed by atoms with E-state index in [1.54, 1.807) is 36.2 Å². The second-order valence-corrected chi connectivity index (χ2v) is 9.88. The molecular weight excluding hydrogens is 468 g/mol. The fraction of sp³-hybridized carbons (Fsp3) is 0.360. The third-order valence-electron chi connectivity index (χ3n) is 6.10. The van der Waals surface area contributed by atoms with Gasteiger partial charge in [-0.15, -0.1) is 0 Å². The van der Waals surface area contributed by atoms with Crippen molar-refractivity contribution in [2.75, 3.05) is 32.2 Å². The zero-order chi connectivity index (χ0) is 24.4. The van der Waals surface area contributed by atoms with Crippen LogP contribution < -0.4 is 14.8 Å². The Bertz CT molecular complexity index is 1180. The van der Waals surface area contributed by atoms with Crippen molar-refractivity contribution < 1.29 is 23.9 Å². The minimum Gasteiger partial charge on any atom is -0.454 e. The maximum absolute atomic E-state index is 12.8. The maximum Gasteiger partial charge on any atom is 0.262 e. The number of hydrogen-bond acceptors (Lipinski definition) is 7. The van der Waals surface area contributed by atoms with E-state index in [2.05, 4.69) is 15.2 Å². The fourth-order valence-corrected chi connectivity index (χ4v) is 5.35. The number of aliphatic imine (C=N–C) groups is 1. The van der Waals surface area contributed by atoms with Gasteiger partial charge in [-0.05, 0) is 54.8 Å². The molecule has 2 aromatic carbocycles. The average molecular weight is 495 g/mol. The van der Waals surface area contributed by atoms with Gasteiger partial charge in [-0.2, -0.15) is 4.99 Å². The van der Waals surface area contributed by atoms with Crippen LogP contribution in [0.1, 0.15) is 35.2 Å². The van der Waals surface area contributed by atoms with Gasteiger partial charge >= 0.3 is 0 Å². The van der Waals surface area contributed by atoms with Crippen molar-refractivity contribution in [1.29, 1.82) is 0 Å². The third kappa shape index (κ3) is 5.27. The van der Waals surface area contributed by atoms with Crippen LogP contribution in [0, 0.1) is 0 Å². The lowest BCUT2D eigenvalue weighted by Gasteiger charge is -2.18. The highest BCUT2D eigenvalue weighted by atomic mass is 32.2. The van der Waals surface area contributed by atoms with Gasteiger partial charge in [-0.25, -0.2) is 0 Å². The fourth-order valence-electron chi connectivity index (χ4n) is 4.23. The summed E-state index contributed by atoms with van der Waals surface area (Å²) < 4.78 is 10.7. The summed E-state index contributed by atoms with van der Waals surface area (Å²) in [6.07, 6.45) is 2.26. The summed E-state index contributed by atoms with van der Waals surface area (Å²) in [7, 11) is 1.73. The van der Waals surface area contributed by atoms with Crippen molar-refractivity contribution >= 4 is 40.3 Å². The van der Waals surface area contributed by atoms with Crippen LogP contribution in [0.25, 0.3) is 0 Å². The minimum atomic E-state index is -0.490. The van der Waals surface area contributed by atoms with Crippen LogP contribution in [0.2, 0.25) is 0 Å². The number of nitrogens with zero attached hydrogens (tertiary/aromatic N) is 3. The number of carbonyl (C=O) groups is 3. The summed E-state index contributed by atoms with van der Waals surface area (Å²) in [6.45, 7) is 2.45. The van der Waals surface area contributed by atoms with Gasteiger partial charge in [-0.1, -0.05) is 17.8 Å². The number of nitrogens with one attached hydrogen (secondary N) is 1. The first-order valence-electron chi connectivity index (χ1n) is 11.5. The molecule has 3 amide bonds. The number of fused-ring (bicyclic) bond motifs is 1. The summed E-state index contributed by atoms with van der Waals surface area (Å²) in [5.41, 5.74) is 2.02. The van der Waals surface area contributed by atoms with Gasteiger partial charge in [-0.3, -0.25) is 14.4 Å². The Morgan fingerprint density at radius 2 is 1.86 bits per heavy atom. The normalized spacial score (nSPS) is 18.5. The Morgan fingerprint density at radius 3 is 2.63 bits per heavy atom. The van der Waals surface area contributed by atoms with Crippen molar-refractivity contribution in [1.82, 2.24) is 9.80 Å². The molecule has 0 saturated carbocycles. The molecule has 9 nitrogen and oxygen atoms in total. The SMILES string of the molecule is CN(Cc1ccc2c(c1)OCO2)C(=O)c1ccc(NC(=O)C[C@@H]2SC(N3CCCC3)=NC2=O)cc1. The van der Waals surface area contributed by atoms with E-state index < -0.39 is 5.25 Å². The zero-order valence-corrected chi connectivity index (χ0v) is 20.2. The Kier molecular flexibility index (Phi) is 6.63. The molecule has 182 valence electrons. The molecule has 0 aliphatic carbocycles. The lowest BCUT2D eigenvalue weighted by atomic mass is 10.1. The summed E-state index contributed by atoms with van der Waals surface area (Å²) in [5, 5.41) is 3.06. The molecule has 2 aromatic rings. The number of amides is 3. The molecule has 3 aliphatic heterocycles. The Morgan fingerprint density at radius 1 is 1.11 bits per heavy atom. The first-order chi connectivity index (χ1) is 17.0. The van der Waals surface area contributed by atoms with Crippen LogP contribution in [0.4, 0.5) is 5.69 Å². The number of ether oxygens (including phenoxy) is 2. The lowest BCUT2D eigenvalue weighted by Crippen LogP contribution is -2.26. The summed E-state index contributed by atoms with van der Waals surface area (Å²) >= 11 is 1.37. The largest absolute Gasteiger partial charge is 0.454 e. The van der Waals surface area contributed by atoms with Gasteiger partial charge < -0.3 is 24.6 Å². The number of anilines is 1. The first kappa shape index (κ1) is 23.2. The molecule has 1 fully saturated rings. The molecule has 0 bridgehead atoms. The van der Waals surface area contributed by atoms with Crippen molar-refractivity contribution in [2.24, 2.45) is 4.99 Å². The monoisotopic (exact) mass is 494 g/mol. The molecule has 0 unspecified atom stereocenters. The highest BCUT2D eigenvalue weighted by Crippen LogP contribution is 2.33. The molecule has 3 aliphatic rings. The second kappa shape index (κ2) is 9.99. The number of likely N-dealkylation sites (tertiary alicyclic amines) is 1. The predicted molar refractivity (Wildman–Crippen MR) is 133 cm³/mol. The van der Waals surface area contributed by atoms with Crippen LogP contribution in [0.3, 0.4) is 0 Å².